The number of pyridine rings is 1. The molecule has 2 aliphatic rings. The van der Waals surface area contributed by atoms with Crippen LogP contribution in [0.4, 0.5) is 4.39 Å². The van der Waals surface area contributed by atoms with E-state index in [1.807, 2.05) is 42.5 Å². The van der Waals surface area contributed by atoms with Crippen LogP contribution in [0, 0.1) is 5.82 Å². The number of carbonyl (C=O) groups excluding carboxylic acids is 1. The van der Waals surface area contributed by atoms with Gasteiger partial charge in [-0.1, -0.05) is 35.9 Å². The summed E-state index contributed by atoms with van der Waals surface area (Å²) in [6, 6.07) is 23.1. The second-order valence-electron chi connectivity index (χ2n) is 12.8. The van der Waals surface area contributed by atoms with E-state index in [1.165, 1.54) is 6.07 Å². The van der Waals surface area contributed by atoms with Gasteiger partial charge in [-0.2, -0.15) is 0 Å². The summed E-state index contributed by atoms with van der Waals surface area (Å²) in [5.74, 6) is 1.44. The van der Waals surface area contributed by atoms with E-state index in [2.05, 4.69) is 14.8 Å². The number of hydrogen-bond donors (Lipinski definition) is 2. The number of nitrogens with one attached hydrogen (secondary N) is 1. The number of likely N-dealkylation sites (tertiary alicyclic amines) is 1. The number of hydrogen-bond acceptors (Lipinski definition) is 7. The summed E-state index contributed by atoms with van der Waals surface area (Å²) < 4.78 is 28.1. The van der Waals surface area contributed by atoms with Crippen molar-refractivity contribution in [1.82, 2.24) is 24.8 Å². The van der Waals surface area contributed by atoms with Crippen molar-refractivity contribution in [3.63, 3.8) is 0 Å². The molecule has 0 spiro atoms. The average Bonchev–Trinajstić information content (AvgIpc) is 3.43. The molecule has 2 saturated heterocycles. The first-order chi connectivity index (χ1) is 23.9. The van der Waals surface area contributed by atoms with E-state index in [1.54, 1.807) is 30.3 Å². The number of benzene rings is 3. The molecule has 4 heterocycles. The van der Waals surface area contributed by atoms with E-state index in [-0.39, 0.29) is 24.4 Å². The van der Waals surface area contributed by atoms with Crippen molar-refractivity contribution in [1.29, 1.82) is 0 Å². The fourth-order valence-electron chi connectivity index (χ4n) is 6.48. The number of nitrogens with zero attached hydrogens (tertiary/aromatic N) is 4. The van der Waals surface area contributed by atoms with Gasteiger partial charge in [0.05, 0.1) is 30.2 Å². The zero-order valence-corrected chi connectivity index (χ0v) is 27.9. The Morgan fingerprint density at radius 3 is 2.59 bits per heavy atom. The molecule has 11 heteroatoms. The Bertz CT molecular complexity index is 1920. The van der Waals surface area contributed by atoms with Gasteiger partial charge in [0.2, 0.25) is 5.88 Å². The van der Waals surface area contributed by atoms with Crippen LogP contribution in [0.15, 0.2) is 78.9 Å². The predicted molar refractivity (Wildman–Crippen MR) is 185 cm³/mol. The van der Waals surface area contributed by atoms with E-state index in [4.69, 9.17) is 31.0 Å². The molecule has 254 valence electrons. The molecule has 49 heavy (non-hydrogen) atoms. The standard InChI is InChI=1S/C38H39ClFN5O4/c39-29-8-6-28(32(40)21-29)24-49-37-3-1-2-33(43-37)26-13-17-44(18-14-26)23-36-42-34-20-27(7-11-35(34)45(36)22-31-15-19-48-31)38(47)41-16-12-25-4-9-30(46)10-5-25/h1-11,20-21,26,31,46H,12-19,22-24H2,(H,41,47)/t31-/m0/s1. The molecule has 1 atom stereocenters. The van der Waals surface area contributed by atoms with Crippen molar-refractivity contribution < 1.29 is 23.8 Å². The fraction of sp³-hybridized carbons (Fsp3) is 0.342. The average molecular weight is 684 g/mol. The minimum Gasteiger partial charge on any atom is -0.508 e. The Kier molecular flexibility index (Phi) is 10.1. The third kappa shape index (κ3) is 8.04. The maximum absolute atomic E-state index is 14.2. The van der Waals surface area contributed by atoms with E-state index in [0.29, 0.717) is 47.5 Å². The molecule has 2 aromatic heterocycles. The van der Waals surface area contributed by atoms with Crippen LogP contribution >= 0.6 is 11.6 Å². The highest BCUT2D eigenvalue weighted by Gasteiger charge is 2.26. The number of amides is 1. The van der Waals surface area contributed by atoms with Crippen molar-refractivity contribution in [3.05, 3.63) is 118 Å². The minimum absolute atomic E-state index is 0.0813. The molecule has 2 N–H and O–H groups in total. The topological polar surface area (TPSA) is 102 Å². The predicted octanol–water partition coefficient (Wildman–Crippen LogP) is 6.65. The fourth-order valence-corrected chi connectivity index (χ4v) is 6.64. The van der Waals surface area contributed by atoms with Crippen LogP contribution in [-0.2, 0) is 30.9 Å². The highest BCUT2D eigenvalue weighted by molar-refractivity contribution is 6.30. The third-order valence-corrected chi connectivity index (χ3v) is 9.65. The number of phenols is 1. The lowest BCUT2D eigenvalue weighted by Gasteiger charge is -2.32. The number of imidazole rings is 1. The number of halogens is 2. The molecule has 2 fully saturated rings. The number of aromatic hydroxyl groups is 1. The first kappa shape index (κ1) is 33.0. The summed E-state index contributed by atoms with van der Waals surface area (Å²) in [6.07, 6.45) is 3.76. The molecule has 7 rings (SSSR count). The lowest BCUT2D eigenvalue weighted by Crippen LogP contribution is -2.35. The summed E-state index contributed by atoms with van der Waals surface area (Å²) in [5, 5.41) is 12.9. The summed E-state index contributed by atoms with van der Waals surface area (Å²) >= 11 is 5.87. The van der Waals surface area contributed by atoms with Crippen LogP contribution in [0.3, 0.4) is 0 Å². The Balaban J connectivity index is 0.980. The second-order valence-corrected chi connectivity index (χ2v) is 13.2. The lowest BCUT2D eigenvalue weighted by molar-refractivity contribution is -0.0592. The van der Waals surface area contributed by atoms with Crippen molar-refractivity contribution >= 4 is 28.5 Å². The van der Waals surface area contributed by atoms with Crippen LogP contribution in [0.1, 0.15) is 58.2 Å². The van der Waals surface area contributed by atoms with E-state index in [0.717, 1.165) is 73.6 Å². The zero-order chi connectivity index (χ0) is 33.7. The van der Waals surface area contributed by atoms with Crippen molar-refractivity contribution in [3.8, 4) is 11.6 Å². The summed E-state index contributed by atoms with van der Waals surface area (Å²) in [7, 11) is 0. The van der Waals surface area contributed by atoms with Crippen molar-refractivity contribution in [2.45, 2.75) is 57.4 Å². The lowest BCUT2D eigenvalue weighted by atomic mass is 9.93. The number of carbonyl (C=O) groups is 1. The van der Waals surface area contributed by atoms with Gasteiger partial charge in [0.15, 0.2) is 0 Å². The molecule has 0 aliphatic carbocycles. The normalized spacial score (nSPS) is 16.8. The number of fused-ring (bicyclic) bond motifs is 1. The quantitative estimate of drug-likeness (QED) is 0.152. The zero-order valence-electron chi connectivity index (χ0n) is 27.2. The Morgan fingerprint density at radius 2 is 1.84 bits per heavy atom. The Labute approximate surface area is 289 Å². The van der Waals surface area contributed by atoms with Gasteiger partial charge in [0.1, 0.15) is 24.0 Å². The molecule has 5 aromatic rings. The van der Waals surface area contributed by atoms with Crippen molar-refractivity contribution in [2.75, 3.05) is 26.2 Å². The monoisotopic (exact) mass is 683 g/mol. The first-order valence-corrected chi connectivity index (χ1v) is 17.2. The molecular formula is C38H39ClFN5O4. The highest BCUT2D eigenvalue weighted by Crippen LogP contribution is 2.30. The molecule has 9 nitrogen and oxygen atoms in total. The van der Waals surface area contributed by atoms with Crippen LogP contribution in [0.25, 0.3) is 11.0 Å². The molecule has 1 amide bonds. The van der Waals surface area contributed by atoms with Crippen LogP contribution in [0.5, 0.6) is 11.6 Å². The van der Waals surface area contributed by atoms with Crippen LogP contribution in [-0.4, -0.2) is 62.8 Å². The van der Waals surface area contributed by atoms with Gasteiger partial charge in [-0.05, 0) is 92.9 Å². The number of ether oxygens (including phenoxy) is 2. The SMILES string of the molecule is O=C(NCCc1ccc(O)cc1)c1ccc2c(c1)nc(CN1CCC(c3cccc(OCc4ccc(Cl)cc4F)n3)CC1)n2C[C@@H]1CCO1. The van der Waals surface area contributed by atoms with Gasteiger partial charge >= 0.3 is 0 Å². The molecular weight excluding hydrogens is 645 g/mol. The highest BCUT2D eigenvalue weighted by atomic mass is 35.5. The number of aromatic nitrogens is 3. The summed E-state index contributed by atoms with van der Waals surface area (Å²) in [4.78, 5) is 25.2. The van der Waals surface area contributed by atoms with Gasteiger partial charge < -0.3 is 24.5 Å². The van der Waals surface area contributed by atoms with Gasteiger partial charge in [-0.3, -0.25) is 9.69 Å². The minimum atomic E-state index is -0.395. The summed E-state index contributed by atoms with van der Waals surface area (Å²) in [5.41, 5.74) is 4.84. The van der Waals surface area contributed by atoms with Gasteiger partial charge in [-0.25, -0.2) is 14.4 Å². The smallest absolute Gasteiger partial charge is 0.251 e. The largest absolute Gasteiger partial charge is 0.508 e. The molecule has 0 saturated carbocycles. The molecule has 3 aromatic carbocycles. The summed E-state index contributed by atoms with van der Waals surface area (Å²) in [6.45, 7) is 4.58. The molecule has 0 unspecified atom stereocenters. The van der Waals surface area contributed by atoms with Gasteiger partial charge in [0, 0.05) is 47.0 Å². The van der Waals surface area contributed by atoms with Crippen LogP contribution in [0.2, 0.25) is 5.02 Å². The molecule has 0 radical (unpaired) electrons. The maximum atomic E-state index is 14.2. The maximum Gasteiger partial charge on any atom is 0.251 e. The van der Waals surface area contributed by atoms with E-state index < -0.39 is 5.82 Å². The van der Waals surface area contributed by atoms with E-state index >= 15 is 0 Å². The molecule has 2 aliphatic heterocycles. The first-order valence-electron chi connectivity index (χ1n) is 16.8. The van der Waals surface area contributed by atoms with Crippen LogP contribution < -0.4 is 10.1 Å². The van der Waals surface area contributed by atoms with Crippen molar-refractivity contribution in [2.24, 2.45) is 0 Å². The van der Waals surface area contributed by atoms with E-state index in [9.17, 15) is 14.3 Å². The molecule has 0 bridgehead atoms. The number of piperidine rings is 1. The second kappa shape index (κ2) is 14.9. The number of rotatable bonds is 12. The Morgan fingerprint density at radius 1 is 1.02 bits per heavy atom. The Hall–Kier alpha value is -4.51. The van der Waals surface area contributed by atoms with Gasteiger partial charge in [0.25, 0.3) is 5.91 Å². The van der Waals surface area contributed by atoms with Gasteiger partial charge in [-0.15, -0.1) is 0 Å². The number of phenolic OH excluding ortho intramolecular Hbond substituents is 1. The third-order valence-electron chi connectivity index (χ3n) is 9.41.